The van der Waals surface area contributed by atoms with Crippen molar-refractivity contribution in [1.82, 2.24) is 25.6 Å². The molecule has 7 nitrogen and oxygen atoms in total. The summed E-state index contributed by atoms with van der Waals surface area (Å²) in [5.41, 5.74) is 5.23. The standard InChI is InChI=1S/C21H28N6O.HI/c1-5-18-12-19(28-26-18)14-24-21(22-6-2)23-13-17-9-7-8-10-20(17)27-16(4)11-15(3)25-27;/h7-12H,5-6,13-14H2,1-4H3,(H2,22,23,24);1H. The van der Waals surface area contributed by atoms with Crippen molar-refractivity contribution in [3.63, 3.8) is 0 Å². The lowest BCUT2D eigenvalue weighted by atomic mass is 10.2. The summed E-state index contributed by atoms with van der Waals surface area (Å²) in [6, 6.07) is 12.3. The largest absolute Gasteiger partial charge is 0.359 e. The minimum Gasteiger partial charge on any atom is -0.359 e. The maximum absolute atomic E-state index is 5.33. The second-order valence-corrected chi connectivity index (χ2v) is 6.65. The van der Waals surface area contributed by atoms with Gasteiger partial charge in [-0.15, -0.1) is 24.0 Å². The Labute approximate surface area is 189 Å². The molecule has 2 heterocycles. The SMILES string of the molecule is CCNC(=NCc1ccccc1-n1nc(C)cc1C)NCc1cc(CC)no1.I. The second-order valence-electron chi connectivity index (χ2n) is 6.65. The van der Waals surface area contributed by atoms with Crippen molar-refractivity contribution in [2.75, 3.05) is 6.54 Å². The third-order valence-corrected chi connectivity index (χ3v) is 4.38. The van der Waals surface area contributed by atoms with E-state index in [0.717, 1.165) is 53.0 Å². The number of rotatable bonds is 7. The first-order valence-corrected chi connectivity index (χ1v) is 9.68. The summed E-state index contributed by atoms with van der Waals surface area (Å²) in [5.74, 6) is 1.53. The Kier molecular flexibility index (Phi) is 8.69. The van der Waals surface area contributed by atoms with Crippen LogP contribution in [-0.2, 0) is 19.5 Å². The Morgan fingerprint density at radius 1 is 1.14 bits per heavy atom. The highest BCUT2D eigenvalue weighted by atomic mass is 127. The number of benzene rings is 1. The van der Waals surface area contributed by atoms with Crippen molar-refractivity contribution in [3.05, 3.63) is 64.8 Å². The molecule has 8 heteroatoms. The molecular weight excluding hydrogens is 479 g/mol. The van der Waals surface area contributed by atoms with Crippen molar-refractivity contribution >= 4 is 29.9 Å². The number of aliphatic imine (C=N–C) groups is 1. The topological polar surface area (TPSA) is 80.3 Å². The predicted octanol–water partition coefficient (Wildman–Crippen LogP) is 3.91. The molecule has 1 aromatic carbocycles. The van der Waals surface area contributed by atoms with Gasteiger partial charge < -0.3 is 15.2 Å². The summed E-state index contributed by atoms with van der Waals surface area (Å²) in [6.07, 6.45) is 0.862. The lowest BCUT2D eigenvalue weighted by Crippen LogP contribution is -2.36. The van der Waals surface area contributed by atoms with Crippen molar-refractivity contribution in [1.29, 1.82) is 0 Å². The highest BCUT2D eigenvalue weighted by Crippen LogP contribution is 2.17. The summed E-state index contributed by atoms with van der Waals surface area (Å²) in [4.78, 5) is 4.74. The van der Waals surface area contributed by atoms with Crippen molar-refractivity contribution in [3.8, 4) is 5.69 Å². The molecule has 3 rings (SSSR count). The molecule has 0 atom stereocenters. The molecule has 0 aliphatic carbocycles. The quantitative estimate of drug-likeness (QED) is 0.288. The first-order chi connectivity index (χ1) is 13.6. The summed E-state index contributed by atoms with van der Waals surface area (Å²) >= 11 is 0. The lowest BCUT2D eigenvalue weighted by molar-refractivity contribution is 0.374. The van der Waals surface area contributed by atoms with Crippen LogP contribution in [0.3, 0.4) is 0 Å². The van der Waals surface area contributed by atoms with Gasteiger partial charge >= 0.3 is 0 Å². The molecule has 0 aliphatic heterocycles. The zero-order chi connectivity index (χ0) is 19.9. The molecule has 0 spiro atoms. The maximum atomic E-state index is 5.33. The number of para-hydroxylation sites is 1. The van der Waals surface area contributed by atoms with Crippen LogP contribution in [0.15, 0.2) is 45.9 Å². The normalized spacial score (nSPS) is 11.2. The van der Waals surface area contributed by atoms with E-state index >= 15 is 0 Å². The van der Waals surface area contributed by atoms with Gasteiger partial charge in [0.1, 0.15) is 0 Å². The van der Waals surface area contributed by atoms with Crippen molar-refractivity contribution < 1.29 is 4.52 Å². The molecule has 0 saturated carbocycles. The van der Waals surface area contributed by atoms with E-state index in [1.54, 1.807) is 0 Å². The molecule has 2 aromatic heterocycles. The van der Waals surface area contributed by atoms with Crippen LogP contribution in [0.2, 0.25) is 0 Å². The van der Waals surface area contributed by atoms with Gasteiger partial charge in [0, 0.05) is 18.3 Å². The zero-order valence-corrected chi connectivity index (χ0v) is 19.7. The fourth-order valence-electron chi connectivity index (χ4n) is 3.01. The van der Waals surface area contributed by atoms with Gasteiger partial charge in [-0.25, -0.2) is 9.67 Å². The Hall–Kier alpha value is -2.36. The van der Waals surface area contributed by atoms with Gasteiger partial charge in [-0.3, -0.25) is 0 Å². The summed E-state index contributed by atoms with van der Waals surface area (Å²) in [5, 5.41) is 15.2. The first kappa shape index (κ1) is 22.9. The van der Waals surface area contributed by atoms with Gasteiger partial charge in [0.2, 0.25) is 0 Å². The highest BCUT2D eigenvalue weighted by molar-refractivity contribution is 14.0. The second kappa shape index (κ2) is 11.0. The van der Waals surface area contributed by atoms with Crippen LogP contribution < -0.4 is 10.6 Å². The van der Waals surface area contributed by atoms with Crippen LogP contribution in [0, 0.1) is 13.8 Å². The first-order valence-electron chi connectivity index (χ1n) is 9.68. The number of guanidine groups is 1. The minimum absolute atomic E-state index is 0. The molecule has 0 bridgehead atoms. The van der Waals surface area contributed by atoms with E-state index in [4.69, 9.17) is 9.52 Å². The van der Waals surface area contributed by atoms with Gasteiger partial charge in [-0.05, 0) is 44.9 Å². The minimum atomic E-state index is 0. The van der Waals surface area contributed by atoms with E-state index in [-0.39, 0.29) is 24.0 Å². The number of halogens is 1. The fourth-order valence-corrected chi connectivity index (χ4v) is 3.01. The summed E-state index contributed by atoms with van der Waals surface area (Å²) in [7, 11) is 0. The van der Waals surface area contributed by atoms with E-state index in [9.17, 15) is 0 Å². The predicted molar refractivity (Wildman–Crippen MR) is 126 cm³/mol. The molecule has 0 aliphatic rings. The molecule has 29 heavy (non-hydrogen) atoms. The van der Waals surface area contributed by atoms with Crippen LogP contribution in [0.25, 0.3) is 5.69 Å². The maximum Gasteiger partial charge on any atom is 0.191 e. The Bertz CT molecular complexity index is 946. The van der Waals surface area contributed by atoms with Crippen molar-refractivity contribution in [2.24, 2.45) is 4.99 Å². The van der Waals surface area contributed by atoms with Crippen molar-refractivity contribution in [2.45, 2.75) is 47.2 Å². The third-order valence-electron chi connectivity index (χ3n) is 4.38. The van der Waals surface area contributed by atoms with Gasteiger partial charge in [-0.1, -0.05) is 30.3 Å². The monoisotopic (exact) mass is 508 g/mol. The zero-order valence-electron chi connectivity index (χ0n) is 17.4. The molecule has 2 N–H and O–H groups in total. The molecule has 156 valence electrons. The molecule has 0 amide bonds. The summed E-state index contributed by atoms with van der Waals surface area (Å²) < 4.78 is 7.31. The number of hydrogen-bond acceptors (Lipinski definition) is 4. The van der Waals surface area contributed by atoms with Crippen LogP contribution in [0.1, 0.15) is 42.3 Å². The lowest BCUT2D eigenvalue weighted by Gasteiger charge is -2.12. The van der Waals surface area contributed by atoms with Crippen LogP contribution in [0.4, 0.5) is 0 Å². The van der Waals surface area contributed by atoms with Crippen LogP contribution in [-0.4, -0.2) is 27.4 Å². The Morgan fingerprint density at radius 2 is 1.93 bits per heavy atom. The number of hydrogen-bond donors (Lipinski definition) is 2. The van der Waals surface area contributed by atoms with E-state index in [2.05, 4.69) is 52.9 Å². The summed E-state index contributed by atoms with van der Waals surface area (Å²) in [6.45, 7) is 10.0. The number of aryl methyl sites for hydroxylation is 3. The number of nitrogens with one attached hydrogen (secondary N) is 2. The van der Waals surface area contributed by atoms with Crippen LogP contribution in [0.5, 0.6) is 0 Å². The van der Waals surface area contributed by atoms with Gasteiger partial charge in [0.15, 0.2) is 11.7 Å². The van der Waals surface area contributed by atoms with Gasteiger partial charge in [-0.2, -0.15) is 5.10 Å². The van der Waals surface area contributed by atoms with E-state index in [0.29, 0.717) is 13.1 Å². The Morgan fingerprint density at radius 3 is 2.59 bits per heavy atom. The number of aromatic nitrogens is 3. The molecule has 3 aromatic rings. The average Bonchev–Trinajstić information content (AvgIpc) is 3.29. The van der Waals surface area contributed by atoms with Crippen LogP contribution >= 0.6 is 24.0 Å². The molecule has 0 fully saturated rings. The van der Waals surface area contributed by atoms with Gasteiger partial charge in [0.25, 0.3) is 0 Å². The smallest absolute Gasteiger partial charge is 0.191 e. The highest BCUT2D eigenvalue weighted by Gasteiger charge is 2.09. The Balaban J connectivity index is 0.00000300. The molecule has 0 unspecified atom stereocenters. The van der Waals surface area contributed by atoms with Gasteiger partial charge in [0.05, 0.1) is 30.2 Å². The van der Waals surface area contributed by atoms with E-state index in [1.165, 1.54) is 0 Å². The molecule has 0 saturated heterocycles. The third kappa shape index (κ3) is 6.06. The van der Waals surface area contributed by atoms with E-state index < -0.39 is 0 Å². The van der Waals surface area contributed by atoms with E-state index in [1.807, 2.05) is 36.7 Å². The molecule has 0 radical (unpaired) electrons. The fraction of sp³-hybridized carbons (Fsp3) is 0.381. The number of nitrogens with zero attached hydrogens (tertiary/aromatic N) is 4. The average molecular weight is 508 g/mol. The molecular formula is C21H29IN6O.